The minimum atomic E-state index is 0.341. The molecule has 21 heavy (non-hydrogen) atoms. The molecule has 0 aliphatic rings. The standard InChI is InChI=1S/C19H34N2/c1-6-13-20-15-19(5,7-2)16-21(17(3)4)14-18-11-9-8-10-12-18/h8-12,17,20H,6-7,13-16H2,1-5H3. The van der Waals surface area contributed by atoms with Gasteiger partial charge in [-0.2, -0.15) is 0 Å². The molecule has 0 fully saturated rings. The first-order valence-electron chi connectivity index (χ1n) is 8.49. The van der Waals surface area contributed by atoms with Gasteiger partial charge in [0.25, 0.3) is 0 Å². The maximum atomic E-state index is 3.61. The minimum Gasteiger partial charge on any atom is -0.316 e. The van der Waals surface area contributed by atoms with Crippen molar-refractivity contribution in [3.63, 3.8) is 0 Å². The fraction of sp³-hybridized carbons (Fsp3) is 0.684. The van der Waals surface area contributed by atoms with Crippen molar-refractivity contribution in [3.8, 4) is 0 Å². The van der Waals surface area contributed by atoms with Crippen LogP contribution >= 0.6 is 0 Å². The van der Waals surface area contributed by atoms with E-state index < -0.39 is 0 Å². The highest BCUT2D eigenvalue weighted by atomic mass is 15.2. The Morgan fingerprint density at radius 1 is 1.14 bits per heavy atom. The van der Waals surface area contributed by atoms with E-state index in [9.17, 15) is 0 Å². The van der Waals surface area contributed by atoms with Crippen LogP contribution < -0.4 is 5.32 Å². The molecule has 120 valence electrons. The molecule has 2 nitrogen and oxygen atoms in total. The molecule has 1 rings (SSSR count). The molecular formula is C19H34N2. The summed E-state index contributed by atoms with van der Waals surface area (Å²) in [6.45, 7) is 16.0. The molecule has 1 aromatic rings. The summed E-state index contributed by atoms with van der Waals surface area (Å²) in [4.78, 5) is 2.60. The average molecular weight is 290 g/mol. The molecule has 0 amide bonds. The first-order chi connectivity index (χ1) is 10.0. The number of rotatable bonds is 10. The molecule has 0 heterocycles. The second-order valence-corrected chi connectivity index (χ2v) is 6.83. The van der Waals surface area contributed by atoms with Crippen molar-refractivity contribution in [1.29, 1.82) is 0 Å². The van der Waals surface area contributed by atoms with Crippen LogP contribution in [0.15, 0.2) is 30.3 Å². The summed E-state index contributed by atoms with van der Waals surface area (Å²) in [5.74, 6) is 0. The van der Waals surface area contributed by atoms with Crippen molar-refractivity contribution in [2.75, 3.05) is 19.6 Å². The van der Waals surface area contributed by atoms with Crippen LogP contribution in [0.4, 0.5) is 0 Å². The second-order valence-electron chi connectivity index (χ2n) is 6.83. The van der Waals surface area contributed by atoms with Gasteiger partial charge in [0.15, 0.2) is 0 Å². The van der Waals surface area contributed by atoms with E-state index >= 15 is 0 Å². The fourth-order valence-electron chi connectivity index (χ4n) is 2.59. The summed E-state index contributed by atoms with van der Waals surface area (Å²) < 4.78 is 0. The molecule has 1 unspecified atom stereocenters. The van der Waals surface area contributed by atoms with E-state index in [1.54, 1.807) is 0 Å². The smallest absolute Gasteiger partial charge is 0.0236 e. The number of benzene rings is 1. The summed E-state index contributed by atoms with van der Waals surface area (Å²) in [7, 11) is 0. The van der Waals surface area contributed by atoms with Gasteiger partial charge in [-0.3, -0.25) is 4.90 Å². The van der Waals surface area contributed by atoms with Gasteiger partial charge >= 0.3 is 0 Å². The van der Waals surface area contributed by atoms with Gasteiger partial charge in [-0.1, -0.05) is 51.1 Å². The third-order valence-corrected chi connectivity index (χ3v) is 4.38. The Hall–Kier alpha value is -0.860. The van der Waals surface area contributed by atoms with Gasteiger partial charge in [0, 0.05) is 25.7 Å². The molecule has 0 bridgehead atoms. The molecule has 2 heteroatoms. The van der Waals surface area contributed by atoms with Crippen molar-refractivity contribution < 1.29 is 0 Å². The Bertz CT molecular complexity index is 374. The van der Waals surface area contributed by atoms with Crippen LogP contribution in [0.3, 0.4) is 0 Å². The molecule has 0 radical (unpaired) electrons. The SMILES string of the molecule is CCCNCC(C)(CC)CN(Cc1ccccc1)C(C)C. The maximum absolute atomic E-state index is 3.61. The van der Waals surface area contributed by atoms with E-state index in [1.807, 2.05) is 0 Å². The zero-order valence-corrected chi connectivity index (χ0v) is 14.7. The van der Waals surface area contributed by atoms with Crippen LogP contribution in [0.5, 0.6) is 0 Å². The predicted octanol–water partition coefficient (Wildman–Crippen LogP) is 4.31. The van der Waals surface area contributed by atoms with Gasteiger partial charge in [0.1, 0.15) is 0 Å². The third kappa shape index (κ3) is 6.62. The normalized spacial score (nSPS) is 14.6. The Morgan fingerprint density at radius 3 is 2.33 bits per heavy atom. The van der Waals surface area contributed by atoms with Crippen molar-refractivity contribution in [3.05, 3.63) is 35.9 Å². The van der Waals surface area contributed by atoms with Gasteiger partial charge in [0.2, 0.25) is 0 Å². The van der Waals surface area contributed by atoms with Crippen LogP contribution in [0, 0.1) is 5.41 Å². The fourth-order valence-corrected chi connectivity index (χ4v) is 2.59. The first-order valence-corrected chi connectivity index (χ1v) is 8.49. The monoisotopic (exact) mass is 290 g/mol. The lowest BCUT2D eigenvalue weighted by molar-refractivity contribution is 0.120. The van der Waals surface area contributed by atoms with Gasteiger partial charge in [-0.05, 0) is 44.2 Å². The second kappa shape index (κ2) is 9.22. The number of nitrogens with one attached hydrogen (secondary N) is 1. The zero-order chi connectivity index (χ0) is 15.7. The van der Waals surface area contributed by atoms with E-state index in [0.29, 0.717) is 11.5 Å². The van der Waals surface area contributed by atoms with E-state index in [0.717, 1.165) is 26.2 Å². The topological polar surface area (TPSA) is 15.3 Å². The quantitative estimate of drug-likeness (QED) is 0.646. The van der Waals surface area contributed by atoms with E-state index in [4.69, 9.17) is 0 Å². The largest absolute Gasteiger partial charge is 0.316 e. The summed E-state index contributed by atoms with van der Waals surface area (Å²) in [5, 5.41) is 3.61. The van der Waals surface area contributed by atoms with Crippen molar-refractivity contribution in [2.45, 2.75) is 60.0 Å². The van der Waals surface area contributed by atoms with Gasteiger partial charge in [-0.25, -0.2) is 0 Å². The van der Waals surface area contributed by atoms with E-state index in [-0.39, 0.29) is 0 Å². The third-order valence-electron chi connectivity index (χ3n) is 4.38. The van der Waals surface area contributed by atoms with Gasteiger partial charge in [0.05, 0.1) is 0 Å². The van der Waals surface area contributed by atoms with Crippen molar-refractivity contribution >= 4 is 0 Å². The highest BCUT2D eigenvalue weighted by Crippen LogP contribution is 2.24. The summed E-state index contributed by atoms with van der Waals surface area (Å²) >= 11 is 0. The molecule has 0 aliphatic heterocycles. The van der Waals surface area contributed by atoms with Crippen LogP contribution in [-0.2, 0) is 6.54 Å². The lowest BCUT2D eigenvalue weighted by atomic mass is 9.86. The highest BCUT2D eigenvalue weighted by molar-refractivity contribution is 5.14. The lowest BCUT2D eigenvalue weighted by Crippen LogP contribution is -2.44. The molecule has 0 aromatic heterocycles. The first kappa shape index (κ1) is 18.2. The Labute approximate surface area is 131 Å². The van der Waals surface area contributed by atoms with Crippen molar-refractivity contribution in [1.82, 2.24) is 10.2 Å². The van der Waals surface area contributed by atoms with Crippen molar-refractivity contribution in [2.24, 2.45) is 5.41 Å². The molecule has 0 spiro atoms. The minimum absolute atomic E-state index is 0.341. The molecule has 1 N–H and O–H groups in total. The van der Waals surface area contributed by atoms with Gasteiger partial charge in [-0.15, -0.1) is 0 Å². The summed E-state index contributed by atoms with van der Waals surface area (Å²) in [6, 6.07) is 11.4. The number of hydrogen-bond acceptors (Lipinski definition) is 2. The Balaban J connectivity index is 2.66. The Morgan fingerprint density at radius 2 is 1.81 bits per heavy atom. The van der Waals surface area contributed by atoms with E-state index in [2.05, 4.69) is 75.2 Å². The molecule has 1 aromatic carbocycles. The molecular weight excluding hydrogens is 256 g/mol. The number of hydrogen-bond donors (Lipinski definition) is 1. The molecule has 0 aliphatic carbocycles. The molecule has 0 saturated carbocycles. The summed E-state index contributed by atoms with van der Waals surface area (Å²) in [5.41, 5.74) is 1.75. The van der Waals surface area contributed by atoms with Crippen LogP contribution in [0.25, 0.3) is 0 Å². The van der Waals surface area contributed by atoms with Crippen LogP contribution in [0.2, 0.25) is 0 Å². The average Bonchev–Trinajstić information content (AvgIpc) is 2.48. The zero-order valence-electron chi connectivity index (χ0n) is 14.7. The van der Waals surface area contributed by atoms with Crippen LogP contribution in [0.1, 0.15) is 53.0 Å². The highest BCUT2D eigenvalue weighted by Gasteiger charge is 2.26. The lowest BCUT2D eigenvalue weighted by Gasteiger charge is -2.37. The van der Waals surface area contributed by atoms with Gasteiger partial charge < -0.3 is 5.32 Å². The maximum Gasteiger partial charge on any atom is 0.0236 e. The Kier molecular flexibility index (Phi) is 7.98. The summed E-state index contributed by atoms with van der Waals surface area (Å²) in [6.07, 6.45) is 2.42. The molecule has 1 atom stereocenters. The van der Waals surface area contributed by atoms with E-state index in [1.165, 1.54) is 18.4 Å². The molecule has 0 saturated heterocycles. The number of nitrogens with zero attached hydrogens (tertiary/aromatic N) is 1. The predicted molar refractivity (Wildman–Crippen MR) is 93.5 cm³/mol. The van der Waals surface area contributed by atoms with Crippen LogP contribution in [-0.4, -0.2) is 30.6 Å².